The first-order chi connectivity index (χ1) is 20.6. The van der Waals surface area contributed by atoms with Crippen molar-refractivity contribution in [2.45, 2.75) is 89.3 Å². The van der Waals surface area contributed by atoms with Gasteiger partial charge in [-0.1, -0.05) is 33.8 Å². The minimum Gasteiger partial charge on any atom is -0.396 e. The number of rotatable bonds is 15. The van der Waals surface area contributed by atoms with Crippen LogP contribution in [-0.2, 0) is 14.9 Å². The molecule has 5 atom stereocenters. The fraction of sp³-hybridized carbons (Fsp3) is 0.781. The van der Waals surface area contributed by atoms with E-state index < -0.39 is 0 Å². The molecule has 7 N–H and O–H groups in total. The molecule has 0 spiro atoms. The number of benzene rings is 1. The van der Waals surface area contributed by atoms with E-state index in [0.717, 1.165) is 37.9 Å². The van der Waals surface area contributed by atoms with Crippen molar-refractivity contribution in [3.63, 3.8) is 0 Å². The second kappa shape index (κ2) is 14.0. The van der Waals surface area contributed by atoms with Crippen LogP contribution in [-0.4, -0.2) is 116 Å². The number of nitrogens with zero attached hydrogens (tertiary/aromatic N) is 3. The van der Waals surface area contributed by atoms with Crippen LogP contribution in [0.3, 0.4) is 0 Å². The van der Waals surface area contributed by atoms with Crippen molar-refractivity contribution in [3.8, 4) is 0 Å². The van der Waals surface area contributed by atoms with E-state index in [2.05, 4.69) is 88.6 Å². The average Bonchev–Trinajstić information content (AvgIpc) is 3.52. The maximum absolute atomic E-state index is 10.0. The molecule has 242 valence electrons. The Balaban J connectivity index is 1.08. The fourth-order valence-corrected chi connectivity index (χ4v) is 7.29. The molecular weight excluding hydrogens is 544 g/mol. The summed E-state index contributed by atoms with van der Waals surface area (Å²) >= 11 is 0. The van der Waals surface area contributed by atoms with E-state index in [1.54, 1.807) is 7.11 Å². The van der Waals surface area contributed by atoms with Crippen LogP contribution in [0.25, 0.3) is 0 Å². The van der Waals surface area contributed by atoms with Gasteiger partial charge in [0, 0.05) is 37.6 Å². The summed E-state index contributed by atoms with van der Waals surface area (Å²) in [4.78, 5) is 4.82. The van der Waals surface area contributed by atoms with Gasteiger partial charge in [-0.25, -0.2) is 4.58 Å². The highest BCUT2D eigenvalue weighted by atomic mass is 16.5. The third-order valence-corrected chi connectivity index (χ3v) is 10.2. The van der Waals surface area contributed by atoms with E-state index in [4.69, 9.17) is 15.2 Å². The van der Waals surface area contributed by atoms with Crippen LogP contribution in [0.5, 0.6) is 0 Å². The van der Waals surface area contributed by atoms with E-state index in [-0.39, 0.29) is 42.4 Å². The second-order valence-corrected chi connectivity index (χ2v) is 13.9. The predicted molar refractivity (Wildman–Crippen MR) is 172 cm³/mol. The first-order valence-corrected chi connectivity index (χ1v) is 16.3. The molecule has 11 nitrogen and oxygen atoms in total. The SMILES string of the molecule is CCN(CC(OC[N+]1=C2NCNC(N)C2N(C)C1)C(C)CO)C1CC(CCC2Nc3ccc(C(C)(C)COC)cc3N2)C1. The lowest BCUT2D eigenvalue weighted by molar-refractivity contribution is -0.579. The Morgan fingerprint density at radius 2 is 1.98 bits per heavy atom. The van der Waals surface area contributed by atoms with Gasteiger partial charge in [0.15, 0.2) is 6.73 Å². The lowest BCUT2D eigenvalue weighted by atomic mass is 9.76. The van der Waals surface area contributed by atoms with Gasteiger partial charge in [0.1, 0.15) is 19.4 Å². The molecule has 1 saturated heterocycles. The van der Waals surface area contributed by atoms with Crippen molar-refractivity contribution in [2.75, 3.05) is 71.2 Å². The van der Waals surface area contributed by atoms with Crippen molar-refractivity contribution >= 4 is 17.2 Å². The van der Waals surface area contributed by atoms with Gasteiger partial charge in [0.2, 0.25) is 0 Å². The summed E-state index contributed by atoms with van der Waals surface area (Å²) < 4.78 is 14.2. The molecule has 1 saturated carbocycles. The third kappa shape index (κ3) is 7.30. The molecule has 1 aromatic carbocycles. The zero-order valence-electron chi connectivity index (χ0n) is 27.2. The molecule has 43 heavy (non-hydrogen) atoms. The third-order valence-electron chi connectivity index (χ3n) is 10.2. The summed E-state index contributed by atoms with van der Waals surface area (Å²) in [7, 11) is 3.86. The summed E-state index contributed by atoms with van der Waals surface area (Å²) in [6, 6.07) is 7.41. The van der Waals surface area contributed by atoms with Gasteiger partial charge in [-0.2, -0.15) is 0 Å². The molecule has 1 aromatic rings. The molecule has 3 heterocycles. The highest BCUT2D eigenvalue weighted by Crippen LogP contribution is 2.39. The quantitative estimate of drug-likeness (QED) is 0.166. The average molecular weight is 602 g/mol. The number of fused-ring (bicyclic) bond motifs is 2. The van der Waals surface area contributed by atoms with Crippen molar-refractivity contribution in [1.29, 1.82) is 0 Å². The van der Waals surface area contributed by atoms with Crippen molar-refractivity contribution in [3.05, 3.63) is 23.8 Å². The lowest BCUT2D eigenvalue weighted by Gasteiger charge is -2.44. The molecule has 1 aliphatic carbocycles. The summed E-state index contributed by atoms with van der Waals surface area (Å²) in [6.45, 7) is 13.4. The van der Waals surface area contributed by atoms with E-state index in [1.807, 2.05) is 0 Å². The van der Waals surface area contributed by atoms with E-state index >= 15 is 0 Å². The summed E-state index contributed by atoms with van der Waals surface area (Å²) in [5.41, 5.74) is 10.0. The Labute approximate surface area is 258 Å². The highest BCUT2D eigenvalue weighted by molar-refractivity contribution is 5.85. The van der Waals surface area contributed by atoms with Crippen molar-refractivity contribution in [2.24, 2.45) is 17.6 Å². The summed E-state index contributed by atoms with van der Waals surface area (Å²) in [5, 5.41) is 24.2. The number of hydrogen-bond donors (Lipinski definition) is 6. The second-order valence-electron chi connectivity index (χ2n) is 13.9. The molecule has 0 amide bonds. The minimum absolute atomic E-state index is 0.0139. The number of nitrogens with two attached hydrogens (primary N) is 1. The molecule has 5 unspecified atom stereocenters. The standard InChI is InChI=1S/C32H56N8O3/c1-7-39(15-27(21(2)16-41)43-20-40-19-38(5)29-30(33)34-18-35-31(29)40)24-12-22(13-24)8-11-28-36-25-10-9-23(14-26(25)37-28)32(3,4)17-42-6/h9-10,14,21-22,24,27-30,34,36-37,41H,7-8,11-13,15-20,33H2,1-6H3/p+1. The first-order valence-electron chi connectivity index (χ1n) is 16.3. The number of likely N-dealkylation sites (N-methyl/N-ethyl adjacent to an activating group) is 2. The molecule has 0 radical (unpaired) electrons. The normalized spacial score (nSPS) is 28.5. The van der Waals surface area contributed by atoms with Crippen LogP contribution in [0.1, 0.15) is 58.9 Å². The molecule has 4 aliphatic rings. The Morgan fingerprint density at radius 1 is 1.21 bits per heavy atom. The fourth-order valence-electron chi connectivity index (χ4n) is 7.29. The van der Waals surface area contributed by atoms with Crippen LogP contribution in [0.2, 0.25) is 0 Å². The Hall–Kier alpha value is -1.99. The Kier molecular flexibility index (Phi) is 10.5. The number of amidine groups is 1. The molecule has 11 heteroatoms. The molecule has 2 fully saturated rings. The van der Waals surface area contributed by atoms with Crippen LogP contribution in [0.15, 0.2) is 18.2 Å². The van der Waals surface area contributed by atoms with Gasteiger partial charge >= 0.3 is 0 Å². The zero-order valence-corrected chi connectivity index (χ0v) is 27.2. The smallest absolute Gasteiger partial charge is 0.269 e. The molecule has 0 bridgehead atoms. The van der Waals surface area contributed by atoms with E-state index in [9.17, 15) is 5.11 Å². The van der Waals surface area contributed by atoms with Crippen LogP contribution >= 0.6 is 0 Å². The number of ether oxygens (including phenoxy) is 2. The summed E-state index contributed by atoms with van der Waals surface area (Å²) in [5.74, 6) is 1.94. The Bertz CT molecular complexity index is 1110. The van der Waals surface area contributed by atoms with Gasteiger partial charge < -0.3 is 30.9 Å². The van der Waals surface area contributed by atoms with Crippen LogP contribution in [0, 0.1) is 11.8 Å². The number of nitrogens with one attached hydrogen (secondary N) is 4. The monoisotopic (exact) mass is 601 g/mol. The molecule has 0 aromatic heterocycles. The van der Waals surface area contributed by atoms with E-state index in [0.29, 0.717) is 26.0 Å². The minimum atomic E-state index is -0.0949. The number of aliphatic hydroxyl groups excluding tert-OH is 1. The largest absolute Gasteiger partial charge is 0.396 e. The summed E-state index contributed by atoms with van der Waals surface area (Å²) in [6.07, 6.45) is 4.94. The highest BCUT2D eigenvalue weighted by Gasteiger charge is 2.43. The topological polar surface area (TPSA) is 122 Å². The maximum atomic E-state index is 10.0. The Morgan fingerprint density at radius 3 is 2.70 bits per heavy atom. The number of methoxy groups -OCH3 is 1. The predicted octanol–water partition coefficient (Wildman–Crippen LogP) is 1.74. The number of hydrogen-bond acceptors (Lipinski definition) is 10. The molecule has 3 aliphatic heterocycles. The number of anilines is 2. The van der Waals surface area contributed by atoms with Crippen molar-refractivity contribution in [1.82, 2.24) is 20.4 Å². The molecular formula is C32H57N8O3+. The van der Waals surface area contributed by atoms with Gasteiger partial charge in [-0.15, -0.1) is 0 Å². The number of aliphatic hydroxyl groups is 1. The molecule has 5 rings (SSSR count). The lowest BCUT2D eigenvalue weighted by Crippen LogP contribution is -2.65. The van der Waals surface area contributed by atoms with Crippen LogP contribution in [0.4, 0.5) is 11.4 Å². The maximum Gasteiger partial charge on any atom is 0.269 e. The van der Waals surface area contributed by atoms with Gasteiger partial charge in [-0.05, 0) is 62.9 Å². The first kappa shape index (κ1) is 32.4. The van der Waals surface area contributed by atoms with Crippen molar-refractivity contribution < 1.29 is 19.2 Å². The van der Waals surface area contributed by atoms with Gasteiger partial charge in [0.05, 0.1) is 36.4 Å². The van der Waals surface area contributed by atoms with Gasteiger partial charge in [-0.3, -0.25) is 20.4 Å². The zero-order chi connectivity index (χ0) is 30.7. The van der Waals surface area contributed by atoms with Gasteiger partial charge in [0.25, 0.3) is 5.84 Å². The van der Waals surface area contributed by atoms with E-state index in [1.165, 1.54) is 36.2 Å². The van der Waals surface area contributed by atoms with Crippen LogP contribution < -0.4 is 27.0 Å².